The Hall–Kier alpha value is -4.27. The van der Waals surface area contributed by atoms with Crippen molar-refractivity contribution >= 4 is 17.9 Å². The van der Waals surface area contributed by atoms with Gasteiger partial charge in [0.05, 0.1) is 10.6 Å². The standard InChI is InChI=1S/C21H17N2O7/c1-13-11-22-18(12-23(13)27)21(26)30-16-9-7-15(8-10-16)29-20(25)17-5-3-4-6-19(17)28-14(2)24/h3-12H,1-2H3,(H,22,27)/q+1. The van der Waals surface area contributed by atoms with Crippen LogP contribution in [-0.4, -0.2) is 22.9 Å². The Morgan fingerprint density at radius 1 is 0.867 bits per heavy atom. The molecule has 0 fully saturated rings. The Morgan fingerprint density at radius 3 is 2.07 bits per heavy atom. The largest absolute Gasteiger partial charge is 0.426 e. The lowest BCUT2D eigenvalue weighted by molar-refractivity contribution is -0.503. The maximum Gasteiger partial charge on any atom is 0.366 e. The van der Waals surface area contributed by atoms with Gasteiger partial charge in [-0.15, -0.1) is 0 Å². The summed E-state index contributed by atoms with van der Waals surface area (Å²) in [5.41, 5.74) is 0.463. The molecule has 1 heterocycles. The molecule has 0 saturated carbocycles. The maximum absolute atomic E-state index is 12.4. The first kappa shape index (κ1) is 20.5. The summed E-state index contributed by atoms with van der Waals surface area (Å²) < 4.78 is 16.0. The first-order valence-corrected chi connectivity index (χ1v) is 8.77. The van der Waals surface area contributed by atoms with E-state index >= 15 is 0 Å². The number of carbonyl (C=O) groups is 3. The van der Waals surface area contributed by atoms with Gasteiger partial charge in [-0.2, -0.15) is 0 Å². The zero-order chi connectivity index (χ0) is 21.7. The van der Waals surface area contributed by atoms with Gasteiger partial charge in [0.1, 0.15) is 22.8 Å². The Balaban J connectivity index is 1.68. The van der Waals surface area contributed by atoms with Crippen molar-refractivity contribution < 1.29 is 33.0 Å². The van der Waals surface area contributed by atoms with E-state index < -0.39 is 17.9 Å². The van der Waals surface area contributed by atoms with Gasteiger partial charge in [-0.1, -0.05) is 12.1 Å². The fourth-order valence-electron chi connectivity index (χ4n) is 2.39. The number of hydrogen-bond donors (Lipinski definition) is 1. The molecule has 2 aromatic carbocycles. The van der Waals surface area contributed by atoms with E-state index in [2.05, 4.69) is 4.98 Å². The number of aryl methyl sites for hydroxylation is 1. The third-order valence-corrected chi connectivity index (χ3v) is 3.86. The molecule has 3 aromatic rings. The number of benzene rings is 2. The lowest BCUT2D eigenvalue weighted by Crippen LogP contribution is -2.23. The van der Waals surface area contributed by atoms with Gasteiger partial charge in [0, 0.05) is 18.8 Å². The minimum atomic E-state index is -0.750. The van der Waals surface area contributed by atoms with Crippen molar-refractivity contribution in [1.82, 2.24) is 4.98 Å². The molecule has 152 valence electrons. The molecule has 0 unspecified atom stereocenters. The molecule has 0 radical (unpaired) electrons. The Labute approximate surface area is 170 Å². The monoisotopic (exact) mass is 409 g/mol. The molecule has 0 aliphatic heterocycles. The van der Waals surface area contributed by atoms with Crippen LogP contribution >= 0.6 is 0 Å². The number of para-hydroxylation sites is 1. The second kappa shape index (κ2) is 8.82. The minimum Gasteiger partial charge on any atom is -0.426 e. The van der Waals surface area contributed by atoms with E-state index in [1.54, 1.807) is 19.1 Å². The highest BCUT2D eigenvalue weighted by Crippen LogP contribution is 2.23. The third kappa shape index (κ3) is 4.96. The number of nitrogens with zero attached hydrogens (tertiary/aromatic N) is 1. The molecule has 0 amide bonds. The Bertz CT molecular complexity index is 1170. The van der Waals surface area contributed by atoms with Gasteiger partial charge in [0.2, 0.25) is 0 Å². The zero-order valence-electron chi connectivity index (χ0n) is 16.1. The van der Waals surface area contributed by atoms with E-state index in [4.69, 9.17) is 14.2 Å². The molecular weight excluding hydrogens is 392 g/mol. The summed E-state index contributed by atoms with van der Waals surface area (Å²) in [6.07, 6.45) is 2.47. The van der Waals surface area contributed by atoms with Crippen LogP contribution in [0.5, 0.6) is 17.2 Å². The molecule has 0 aliphatic carbocycles. The molecule has 30 heavy (non-hydrogen) atoms. The van der Waals surface area contributed by atoms with Gasteiger partial charge in [0.25, 0.3) is 11.9 Å². The highest BCUT2D eigenvalue weighted by molar-refractivity contribution is 5.94. The van der Waals surface area contributed by atoms with Gasteiger partial charge in [-0.05, 0) is 36.4 Å². The van der Waals surface area contributed by atoms with E-state index in [0.717, 1.165) is 6.20 Å². The van der Waals surface area contributed by atoms with Crippen molar-refractivity contribution in [3.8, 4) is 17.2 Å². The number of ether oxygens (including phenoxy) is 3. The smallest absolute Gasteiger partial charge is 0.366 e. The highest BCUT2D eigenvalue weighted by atomic mass is 16.6. The molecule has 0 spiro atoms. The van der Waals surface area contributed by atoms with E-state index in [-0.39, 0.29) is 28.5 Å². The fraction of sp³-hybridized carbons (Fsp3) is 0.0952. The van der Waals surface area contributed by atoms with Crippen molar-refractivity contribution in [1.29, 1.82) is 0 Å². The van der Waals surface area contributed by atoms with Crippen LogP contribution in [0.15, 0.2) is 60.9 Å². The van der Waals surface area contributed by atoms with Crippen molar-refractivity contribution in [2.45, 2.75) is 13.8 Å². The predicted octanol–water partition coefficient (Wildman–Crippen LogP) is 2.60. The summed E-state index contributed by atoms with van der Waals surface area (Å²) in [5.74, 6) is -1.56. The molecule has 0 saturated heterocycles. The Kier molecular flexibility index (Phi) is 6.02. The van der Waals surface area contributed by atoms with Crippen LogP contribution in [-0.2, 0) is 4.79 Å². The molecule has 1 aromatic heterocycles. The maximum atomic E-state index is 12.4. The summed E-state index contributed by atoms with van der Waals surface area (Å²) in [5, 5.41) is 0. The van der Waals surface area contributed by atoms with Crippen LogP contribution < -0.4 is 18.6 Å². The minimum absolute atomic E-state index is 0.0202. The van der Waals surface area contributed by atoms with Crippen molar-refractivity contribution in [2.24, 2.45) is 0 Å². The zero-order valence-corrected chi connectivity index (χ0v) is 16.1. The van der Waals surface area contributed by atoms with E-state index in [1.807, 2.05) is 0 Å². The van der Waals surface area contributed by atoms with Gasteiger partial charge in [-0.25, -0.2) is 9.59 Å². The van der Waals surface area contributed by atoms with E-state index in [9.17, 15) is 19.3 Å². The van der Waals surface area contributed by atoms with Crippen LogP contribution in [0.2, 0.25) is 0 Å². The summed E-state index contributed by atoms with van der Waals surface area (Å²) >= 11 is 0. The van der Waals surface area contributed by atoms with Crippen LogP contribution in [0.4, 0.5) is 0 Å². The SMILES string of the molecule is CC(=O)Oc1ccccc1C(=O)Oc1ccc(OC(=O)c2c[n+](=O)c(C)c[nH]2)cc1. The summed E-state index contributed by atoms with van der Waals surface area (Å²) in [7, 11) is 0. The average molecular weight is 409 g/mol. The number of aromatic nitrogens is 2. The average Bonchev–Trinajstić information content (AvgIpc) is 2.71. The summed E-state index contributed by atoms with van der Waals surface area (Å²) in [6, 6.07) is 11.9. The van der Waals surface area contributed by atoms with Crippen molar-refractivity contribution in [2.75, 3.05) is 0 Å². The van der Waals surface area contributed by atoms with Crippen LogP contribution in [0, 0.1) is 11.8 Å². The third-order valence-electron chi connectivity index (χ3n) is 3.86. The number of aromatic amines is 1. The van der Waals surface area contributed by atoms with Crippen molar-refractivity contribution in [3.05, 3.63) is 82.8 Å². The number of esters is 3. The topological polar surface area (TPSA) is 118 Å². The fourth-order valence-corrected chi connectivity index (χ4v) is 2.39. The van der Waals surface area contributed by atoms with Gasteiger partial charge < -0.3 is 19.2 Å². The predicted molar refractivity (Wildman–Crippen MR) is 103 cm³/mol. The van der Waals surface area contributed by atoms with Crippen molar-refractivity contribution in [3.63, 3.8) is 0 Å². The van der Waals surface area contributed by atoms with E-state index in [0.29, 0.717) is 10.1 Å². The quantitative estimate of drug-likeness (QED) is 0.391. The number of rotatable bonds is 5. The molecule has 9 nitrogen and oxygen atoms in total. The summed E-state index contributed by atoms with van der Waals surface area (Å²) in [4.78, 5) is 49.9. The first-order valence-electron chi connectivity index (χ1n) is 8.77. The normalized spacial score (nSPS) is 10.2. The first-order chi connectivity index (χ1) is 14.3. The molecule has 9 heteroatoms. The number of nitrogens with one attached hydrogen (secondary N) is 1. The molecule has 0 bridgehead atoms. The highest BCUT2D eigenvalue weighted by Gasteiger charge is 2.17. The second-order valence-corrected chi connectivity index (χ2v) is 6.14. The number of H-pyrrole nitrogens is 1. The van der Waals surface area contributed by atoms with Gasteiger partial charge >= 0.3 is 17.9 Å². The van der Waals surface area contributed by atoms with E-state index in [1.165, 1.54) is 49.5 Å². The molecule has 1 N–H and O–H groups in total. The van der Waals surface area contributed by atoms with Crippen LogP contribution in [0.25, 0.3) is 0 Å². The number of hydrogen-bond acceptors (Lipinski definition) is 7. The molecule has 0 aliphatic rings. The molecular formula is C21H17N2O7+. The van der Waals surface area contributed by atoms with Gasteiger partial charge in [0.15, 0.2) is 5.69 Å². The lowest BCUT2D eigenvalue weighted by Gasteiger charge is -2.09. The summed E-state index contributed by atoms with van der Waals surface area (Å²) in [6.45, 7) is 2.82. The van der Waals surface area contributed by atoms with Gasteiger partial charge in [-0.3, -0.25) is 4.79 Å². The molecule has 0 atom stereocenters. The lowest BCUT2D eigenvalue weighted by atomic mass is 10.2. The second-order valence-electron chi connectivity index (χ2n) is 6.14. The van der Waals surface area contributed by atoms with Crippen LogP contribution in [0.1, 0.15) is 33.5 Å². The molecule has 3 rings (SSSR count). The van der Waals surface area contributed by atoms with Crippen LogP contribution in [0.3, 0.4) is 0 Å². The number of carbonyl (C=O) groups excluding carboxylic acids is 3. The Morgan fingerprint density at radius 2 is 1.47 bits per heavy atom.